The van der Waals surface area contributed by atoms with Gasteiger partial charge < -0.3 is 4.52 Å². The zero-order valence-corrected chi connectivity index (χ0v) is 8.78. The molecule has 1 aromatic carbocycles. The molecule has 14 heavy (non-hydrogen) atoms. The Labute approximate surface area is 83.4 Å². The quantitative estimate of drug-likeness (QED) is 0.688. The van der Waals surface area contributed by atoms with Gasteiger partial charge in [-0.15, -0.1) is 0 Å². The Balaban J connectivity index is 2.21. The third-order valence-corrected chi connectivity index (χ3v) is 3.75. The highest BCUT2D eigenvalue weighted by Gasteiger charge is 2.21. The molecule has 0 fully saturated rings. The van der Waals surface area contributed by atoms with Crippen molar-refractivity contribution >= 4 is 7.37 Å². The number of rotatable bonds is 2. The van der Waals surface area contributed by atoms with Crippen molar-refractivity contribution in [1.82, 2.24) is 0 Å². The van der Waals surface area contributed by atoms with Gasteiger partial charge in [0.05, 0.1) is 0 Å². The van der Waals surface area contributed by atoms with Crippen LogP contribution in [0.2, 0.25) is 0 Å². The monoisotopic (exact) mass is 206 g/mol. The maximum absolute atomic E-state index is 12.0. The molecule has 0 spiro atoms. The number of benzene rings is 1. The highest BCUT2D eigenvalue weighted by atomic mass is 31.2. The van der Waals surface area contributed by atoms with Crippen LogP contribution in [0.5, 0.6) is 5.75 Å². The molecule has 1 aromatic rings. The van der Waals surface area contributed by atoms with Gasteiger partial charge in [0, 0.05) is 11.6 Å². The summed E-state index contributed by atoms with van der Waals surface area (Å²) in [4.78, 5) is 0. The molecule has 1 unspecified atom stereocenters. The van der Waals surface area contributed by atoms with Gasteiger partial charge in [-0.1, -0.05) is 24.3 Å². The molecule has 0 aliphatic carbocycles. The van der Waals surface area contributed by atoms with Crippen molar-refractivity contribution in [3.63, 3.8) is 0 Å². The van der Waals surface area contributed by atoms with E-state index in [4.69, 9.17) is 4.52 Å². The molecule has 0 radical (unpaired) electrons. The molecule has 0 N–H and O–H groups in total. The van der Waals surface area contributed by atoms with Crippen LogP contribution in [-0.4, -0.2) is 0 Å². The van der Waals surface area contributed by atoms with Crippen LogP contribution in [0.4, 0.5) is 0 Å². The zero-order valence-electron chi connectivity index (χ0n) is 7.88. The lowest BCUT2D eigenvalue weighted by Gasteiger charge is -2.09. The van der Waals surface area contributed by atoms with Gasteiger partial charge >= 0.3 is 0 Å². The van der Waals surface area contributed by atoms with Gasteiger partial charge in [0.15, 0.2) is 0 Å². The van der Waals surface area contributed by atoms with Gasteiger partial charge in [0.25, 0.3) is 7.37 Å². The van der Waals surface area contributed by atoms with Gasteiger partial charge in [-0.3, -0.25) is 4.57 Å². The summed E-state index contributed by atoms with van der Waals surface area (Å²) in [6.45, 7) is 1.91. The second-order valence-electron chi connectivity index (χ2n) is 3.24. The van der Waals surface area contributed by atoms with Crippen LogP contribution in [-0.2, 0) is 4.57 Å². The van der Waals surface area contributed by atoms with Crippen LogP contribution in [0.1, 0.15) is 6.92 Å². The van der Waals surface area contributed by atoms with Gasteiger partial charge in [-0.2, -0.15) is 0 Å². The first-order chi connectivity index (χ1) is 6.68. The topological polar surface area (TPSA) is 26.3 Å². The molecule has 0 aromatic heterocycles. The van der Waals surface area contributed by atoms with Gasteiger partial charge in [0.1, 0.15) is 5.75 Å². The molecule has 0 saturated carbocycles. The summed E-state index contributed by atoms with van der Waals surface area (Å²) in [5, 5.41) is 0. The summed E-state index contributed by atoms with van der Waals surface area (Å²) in [6, 6.07) is 9.22. The third-order valence-electron chi connectivity index (χ3n) is 1.92. The Morgan fingerprint density at radius 3 is 2.50 bits per heavy atom. The first-order valence-electron chi connectivity index (χ1n) is 4.41. The van der Waals surface area contributed by atoms with Gasteiger partial charge in [-0.25, -0.2) is 0 Å². The summed E-state index contributed by atoms with van der Waals surface area (Å²) in [6.07, 6.45) is 1.82. The molecule has 1 atom stereocenters. The average molecular weight is 206 g/mol. The smallest absolute Gasteiger partial charge is 0.292 e. The molecular weight excluding hydrogens is 195 g/mol. The minimum absolute atomic E-state index is 0.645. The molecular formula is C11H11O2P. The van der Waals surface area contributed by atoms with E-state index in [1.54, 1.807) is 23.8 Å². The van der Waals surface area contributed by atoms with Crippen molar-refractivity contribution in [3.05, 3.63) is 53.6 Å². The van der Waals surface area contributed by atoms with E-state index in [2.05, 4.69) is 0 Å². The number of hydrogen-bond donors (Lipinski definition) is 0. The predicted molar refractivity (Wildman–Crippen MR) is 57.6 cm³/mol. The summed E-state index contributed by atoms with van der Waals surface area (Å²) in [5.41, 5.74) is 0.990. The number of hydrogen-bond acceptors (Lipinski definition) is 2. The van der Waals surface area contributed by atoms with E-state index >= 15 is 0 Å². The van der Waals surface area contributed by atoms with E-state index in [0.29, 0.717) is 5.75 Å². The lowest BCUT2D eigenvalue weighted by Crippen LogP contribution is -1.84. The maximum Gasteiger partial charge on any atom is 0.292 e. The Kier molecular flexibility index (Phi) is 2.30. The third kappa shape index (κ3) is 1.97. The number of allylic oxidation sites excluding steroid dienone is 2. The fraction of sp³-hybridized carbons (Fsp3) is 0.0909. The highest BCUT2D eigenvalue weighted by Crippen LogP contribution is 2.54. The second kappa shape index (κ2) is 3.47. The van der Waals surface area contributed by atoms with Crippen molar-refractivity contribution in [2.45, 2.75) is 6.92 Å². The minimum Gasteiger partial charge on any atom is -0.438 e. The fourth-order valence-corrected chi connectivity index (χ4v) is 3.04. The largest absolute Gasteiger partial charge is 0.438 e. The summed E-state index contributed by atoms with van der Waals surface area (Å²) in [5.74, 6) is 3.96. The molecule has 1 aliphatic rings. The first-order valence-corrected chi connectivity index (χ1v) is 6.17. The van der Waals surface area contributed by atoms with E-state index in [9.17, 15) is 4.57 Å². The van der Waals surface area contributed by atoms with Gasteiger partial charge in [0.2, 0.25) is 0 Å². The van der Waals surface area contributed by atoms with Crippen molar-refractivity contribution in [3.8, 4) is 5.75 Å². The van der Waals surface area contributed by atoms with Crippen molar-refractivity contribution in [2.75, 3.05) is 0 Å². The van der Waals surface area contributed by atoms with Crippen LogP contribution in [0.15, 0.2) is 53.6 Å². The van der Waals surface area contributed by atoms with E-state index in [0.717, 1.165) is 5.57 Å². The Hall–Kier alpha value is -1.27. The molecule has 1 heterocycles. The summed E-state index contributed by atoms with van der Waals surface area (Å²) >= 11 is 0. The van der Waals surface area contributed by atoms with Crippen molar-refractivity contribution in [1.29, 1.82) is 0 Å². The summed E-state index contributed by atoms with van der Waals surface area (Å²) in [7, 11) is -2.69. The van der Waals surface area contributed by atoms with Crippen molar-refractivity contribution in [2.24, 2.45) is 0 Å². The molecule has 2 rings (SSSR count). The minimum atomic E-state index is -2.69. The molecule has 72 valence electrons. The Bertz CT molecular complexity index is 432. The lowest BCUT2D eigenvalue weighted by atomic mass is 10.3. The fourth-order valence-electron chi connectivity index (χ4n) is 1.29. The van der Waals surface area contributed by atoms with Crippen molar-refractivity contribution < 1.29 is 9.09 Å². The molecule has 2 nitrogen and oxygen atoms in total. The van der Waals surface area contributed by atoms with Crippen LogP contribution in [0.25, 0.3) is 0 Å². The molecule has 3 heteroatoms. The predicted octanol–water partition coefficient (Wildman–Crippen LogP) is 3.77. The highest BCUT2D eigenvalue weighted by molar-refractivity contribution is 7.66. The summed E-state index contributed by atoms with van der Waals surface area (Å²) < 4.78 is 17.4. The molecule has 0 saturated heterocycles. The normalized spacial score (nSPS) is 24.8. The van der Waals surface area contributed by atoms with Crippen LogP contribution < -0.4 is 4.52 Å². The Morgan fingerprint density at radius 2 is 1.93 bits per heavy atom. The number of para-hydroxylation sites is 1. The molecule has 0 bridgehead atoms. The van der Waals surface area contributed by atoms with E-state index in [-0.39, 0.29) is 0 Å². The van der Waals surface area contributed by atoms with Gasteiger partial charge in [-0.05, 0) is 24.6 Å². The maximum atomic E-state index is 12.0. The average Bonchev–Trinajstić information content (AvgIpc) is 2.47. The second-order valence-corrected chi connectivity index (χ2v) is 5.27. The first kappa shape index (κ1) is 9.29. The van der Waals surface area contributed by atoms with Crippen LogP contribution in [0, 0.1) is 0 Å². The molecule has 1 aliphatic heterocycles. The van der Waals surface area contributed by atoms with Crippen LogP contribution >= 0.6 is 7.37 Å². The lowest BCUT2D eigenvalue weighted by molar-refractivity contribution is 0.501. The SMILES string of the molecule is CC1=CP(=O)(Oc2ccccc2)C=C1. The molecule has 0 amide bonds. The van der Waals surface area contributed by atoms with E-state index in [1.165, 1.54) is 0 Å². The van der Waals surface area contributed by atoms with Crippen LogP contribution in [0.3, 0.4) is 0 Å². The van der Waals surface area contributed by atoms with E-state index in [1.807, 2.05) is 31.2 Å². The Morgan fingerprint density at radius 1 is 1.21 bits per heavy atom. The zero-order chi connectivity index (χ0) is 10.0. The standard InChI is InChI=1S/C11H11O2P/c1-10-7-8-14(12,9-10)13-11-5-3-2-4-6-11/h2-9H,1H3. The van der Waals surface area contributed by atoms with E-state index < -0.39 is 7.37 Å².